The molecule has 4 heteroatoms. The Morgan fingerprint density at radius 3 is 2.18 bits per heavy atom. The summed E-state index contributed by atoms with van der Waals surface area (Å²) < 4.78 is 22.3. The zero-order valence-electron chi connectivity index (χ0n) is 16.5. The summed E-state index contributed by atoms with van der Waals surface area (Å²) in [6, 6.07) is 14.2. The third-order valence-corrected chi connectivity index (χ3v) is 5.23. The maximum atomic E-state index is 5.66. The molecule has 143 valence electrons. The van der Waals surface area contributed by atoms with Crippen molar-refractivity contribution in [3.05, 3.63) is 71.7 Å². The molecule has 0 heterocycles. The lowest BCUT2D eigenvalue weighted by Gasteiger charge is -2.22. The summed E-state index contributed by atoms with van der Waals surface area (Å²) in [4.78, 5) is 0. The lowest BCUT2D eigenvalue weighted by atomic mass is 9.85. The van der Waals surface area contributed by atoms with E-state index in [1.165, 1.54) is 0 Å². The molecule has 0 bridgehead atoms. The molecule has 3 aromatic rings. The standard InChI is InChI=1S/C24H23O4/c1-25-20-13-11-17(23-19(20)6-5-7-21(23)26-2)15-8-10-18-16(14-15)9-12-22(27-3)24(18)28-4/h5-9,11-14H,10H2,1-4H3. The summed E-state index contributed by atoms with van der Waals surface area (Å²) in [6.45, 7) is 0. The minimum absolute atomic E-state index is 0.753. The van der Waals surface area contributed by atoms with Gasteiger partial charge in [-0.25, -0.2) is 0 Å². The molecule has 1 radical (unpaired) electrons. The van der Waals surface area contributed by atoms with Crippen LogP contribution in [-0.4, -0.2) is 28.4 Å². The lowest BCUT2D eigenvalue weighted by molar-refractivity contribution is 0.352. The minimum Gasteiger partial charge on any atom is -0.496 e. The van der Waals surface area contributed by atoms with Crippen LogP contribution >= 0.6 is 0 Å². The van der Waals surface area contributed by atoms with Crippen LogP contribution in [0.2, 0.25) is 0 Å². The van der Waals surface area contributed by atoms with Crippen molar-refractivity contribution < 1.29 is 18.9 Å². The number of methoxy groups -OCH3 is 4. The average Bonchev–Trinajstić information content (AvgIpc) is 2.76. The van der Waals surface area contributed by atoms with Gasteiger partial charge in [0, 0.05) is 22.8 Å². The number of rotatable bonds is 5. The molecule has 1 aliphatic rings. The topological polar surface area (TPSA) is 36.9 Å². The number of benzene rings is 3. The largest absolute Gasteiger partial charge is 0.496 e. The van der Waals surface area contributed by atoms with Crippen molar-refractivity contribution >= 4 is 16.3 Å². The third-order valence-electron chi connectivity index (χ3n) is 5.23. The van der Waals surface area contributed by atoms with Crippen molar-refractivity contribution in [1.82, 2.24) is 0 Å². The zero-order valence-corrected chi connectivity index (χ0v) is 16.5. The van der Waals surface area contributed by atoms with Gasteiger partial charge in [-0.15, -0.1) is 0 Å². The summed E-state index contributed by atoms with van der Waals surface area (Å²) >= 11 is 0. The molecule has 0 aromatic heterocycles. The van der Waals surface area contributed by atoms with Crippen molar-refractivity contribution in [3.63, 3.8) is 0 Å². The highest BCUT2D eigenvalue weighted by Gasteiger charge is 2.22. The first-order valence-electron chi connectivity index (χ1n) is 9.14. The molecule has 1 aliphatic carbocycles. The first-order valence-corrected chi connectivity index (χ1v) is 9.14. The van der Waals surface area contributed by atoms with Gasteiger partial charge in [-0.3, -0.25) is 0 Å². The predicted octanol–water partition coefficient (Wildman–Crippen LogP) is 5.07. The Morgan fingerprint density at radius 1 is 0.714 bits per heavy atom. The van der Waals surface area contributed by atoms with Crippen molar-refractivity contribution in [3.8, 4) is 23.0 Å². The van der Waals surface area contributed by atoms with E-state index in [4.69, 9.17) is 18.9 Å². The lowest BCUT2D eigenvalue weighted by Crippen LogP contribution is -2.05. The van der Waals surface area contributed by atoms with Gasteiger partial charge in [-0.2, -0.15) is 0 Å². The van der Waals surface area contributed by atoms with E-state index in [0.717, 1.165) is 62.5 Å². The van der Waals surface area contributed by atoms with E-state index in [0.29, 0.717) is 0 Å². The molecule has 4 nitrogen and oxygen atoms in total. The van der Waals surface area contributed by atoms with Gasteiger partial charge in [0.05, 0.1) is 28.4 Å². The van der Waals surface area contributed by atoms with Gasteiger partial charge >= 0.3 is 0 Å². The molecule has 3 aromatic carbocycles. The second-order valence-corrected chi connectivity index (χ2v) is 6.57. The summed E-state index contributed by atoms with van der Waals surface area (Å²) in [5, 5.41) is 2.09. The van der Waals surface area contributed by atoms with Crippen molar-refractivity contribution in [1.29, 1.82) is 0 Å². The highest BCUT2D eigenvalue weighted by molar-refractivity contribution is 6.03. The molecule has 0 unspecified atom stereocenters. The second kappa shape index (κ2) is 7.47. The molecule has 0 saturated heterocycles. The first-order chi connectivity index (χ1) is 13.7. The van der Waals surface area contributed by atoms with Crippen molar-refractivity contribution in [2.75, 3.05) is 28.4 Å². The highest BCUT2D eigenvalue weighted by atomic mass is 16.5. The molecule has 0 saturated carbocycles. The fourth-order valence-corrected chi connectivity index (χ4v) is 3.91. The fourth-order valence-electron chi connectivity index (χ4n) is 3.91. The number of fused-ring (bicyclic) bond motifs is 2. The average molecular weight is 375 g/mol. The van der Waals surface area contributed by atoms with Crippen LogP contribution in [0.3, 0.4) is 0 Å². The maximum Gasteiger partial charge on any atom is 0.164 e. The molecular formula is C24H23O4. The third kappa shape index (κ3) is 2.85. The van der Waals surface area contributed by atoms with Crippen LogP contribution in [0.15, 0.2) is 48.5 Å². The van der Waals surface area contributed by atoms with Gasteiger partial charge in [0.2, 0.25) is 0 Å². The number of hydrogen-bond donors (Lipinski definition) is 0. The van der Waals surface area contributed by atoms with E-state index < -0.39 is 0 Å². The Morgan fingerprint density at radius 2 is 1.46 bits per heavy atom. The van der Waals surface area contributed by atoms with Gasteiger partial charge in [-0.1, -0.05) is 30.3 Å². The predicted molar refractivity (Wildman–Crippen MR) is 112 cm³/mol. The van der Waals surface area contributed by atoms with Crippen LogP contribution in [0.25, 0.3) is 16.3 Å². The zero-order chi connectivity index (χ0) is 19.7. The summed E-state index contributed by atoms with van der Waals surface area (Å²) in [5.74, 6) is 3.21. The van der Waals surface area contributed by atoms with E-state index in [-0.39, 0.29) is 0 Å². The van der Waals surface area contributed by atoms with E-state index in [1.807, 2.05) is 24.3 Å². The van der Waals surface area contributed by atoms with Crippen molar-refractivity contribution in [2.24, 2.45) is 0 Å². The van der Waals surface area contributed by atoms with Crippen LogP contribution in [0.1, 0.15) is 16.7 Å². The van der Waals surface area contributed by atoms with E-state index in [2.05, 4.69) is 30.7 Å². The van der Waals surface area contributed by atoms with Crippen LogP contribution in [0.4, 0.5) is 0 Å². The fraction of sp³-hybridized carbons (Fsp3) is 0.208. The number of hydrogen-bond acceptors (Lipinski definition) is 4. The second-order valence-electron chi connectivity index (χ2n) is 6.57. The summed E-state index contributed by atoms with van der Waals surface area (Å²) in [5.41, 5.74) is 4.54. The molecule has 0 aliphatic heterocycles. The van der Waals surface area contributed by atoms with Crippen LogP contribution in [-0.2, 0) is 6.42 Å². The maximum absolute atomic E-state index is 5.66. The quantitative estimate of drug-likeness (QED) is 0.624. The summed E-state index contributed by atoms with van der Waals surface area (Å²) in [6.07, 6.45) is 5.18. The molecule has 28 heavy (non-hydrogen) atoms. The molecule has 0 N–H and O–H groups in total. The highest BCUT2D eigenvalue weighted by Crippen LogP contribution is 2.43. The minimum atomic E-state index is 0.753. The Labute approximate surface area is 165 Å². The smallest absolute Gasteiger partial charge is 0.164 e. The first kappa shape index (κ1) is 18.2. The van der Waals surface area contributed by atoms with Gasteiger partial charge in [0.1, 0.15) is 11.5 Å². The Kier molecular flexibility index (Phi) is 4.86. The number of allylic oxidation sites excluding steroid dienone is 2. The normalized spacial score (nSPS) is 12.9. The SMILES string of the molecule is COc1ccc2c(c1OC)CC=C(c1ccc(OC)c3cccc(OC)c13)[CH]2. The van der Waals surface area contributed by atoms with Crippen LogP contribution < -0.4 is 18.9 Å². The van der Waals surface area contributed by atoms with Gasteiger partial charge in [-0.05, 0) is 41.3 Å². The Bertz CT molecular complexity index is 1070. The van der Waals surface area contributed by atoms with E-state index in [9.17, 15) is 0 Å². The van der Waals surface area contributed by atoms with Gasteiger partial charge in [0.15, 0.2) is 11.5 Å². The van der Waals surface area contributed by atoms with Crippen molar-refractivity contribution in [2.45, 2.75) is 6.42 Å². The van der Waals surface area contributed by atoms with Crippen LogP contribution in [0.5, 0.6) is 23.0 Å². The molecule has 0 amide bonds. The van der Waals surface area contributed by atoms with Gasteiger partial charge < -0.3 is 18.9 Å². The molecule has 4 rings (SSSR count). The molecular weight excluding hydrogens is 352 g/mol. The molecule has 0 fully saturated rings. The van der Waals surface area contributed by atoms with Crippen LogP contribution in [0, 0.1) is 6.42 Å². The molecule has 0 spiro atoms. The Balaban J connectivity index is 1.85. The number of ether oxygens (including phenoxy) is 4. The van der Waals surface area contributed by atoms with Gasteiger partial charge in [0.25, 0.3) is 0 Å². The van der Waals surface area contributed by atoms with E-state index >= 15 is 0 Å². The summed E-state index contributed by atoms with van der Waals surface area (Å²) in [7, 11) is 6.73. The Hall–Kier alpha value is -3.14. The van der Waals surface area contributed by atoms with E-state index in [1.54, 1.807) is 28.4 Å². The molecule has 0 atom stereocenters. The monoisotopic (exact) mass is 375 g/mol.